The zero-order chi connectivity index (χ0) is 26.5. The van der Waals surface area contributed by atoms with Crippen molar-refractivity contribution in [1.82, 2.24) is 15.0 Å². The summed E-state index contributed by atoms with van der Waals surface area (Å²) in [5.74, 6) is 1.52. The summed E-state index contributed by atoms with van der Waals surface area (Å²) in [4.78, 5) is 13.4. The highest BCUT2D eigenvalue weighted by atomic mass is 16.5. The maximum Gasteiger partial charge on any atom is 0.278 e. The molecule has 0 aliphatic rings. The van der Waals surface area contributed by atoms with Gasteiger partial charge in [0.15, 0.2) is 5.69 Å². The van der Waals surface area contributed by atoms with E-state index in [4.69, 9.17) is 14.2 Å². The molecule has 0 fully saturated rings. The van der Waals surface area contributed by atoms with Crippen molar-refractivity contribution in [2.45, 2.75) is 72.3 Å². The second kappa shape index (κ2) is 11.5. The topological polar surface area (TPSA) is 87.5 Å². The Bertz CT molecular complexity index is 1200. The van der Waals surface area contributed by atoms with Crippen LogP contribution in [0.25, 0.3) is 5.69 Å². The van der Waals surface area contributed by atoms with E-state index in [0.29, 0.717) is 34.3 Å². The normalized spacial score (nSPS) is 12.2. The van der Waals surface area contributed by atoms with Crippen LogP contribution in [-0.4, -0.2) is 41.2 Å². The van der Waals surface area contributed by atoms with E-state index in [2.05, 4.69) is 56.3 Å². The largest absolute Gasteiger partial charge is 0.497 e. The Morgan fingerprint density at radius 2 is 1.78 bits per heavy atom. The third-order valence-electron chi connectivity index (χ3n) is 6.18. The number of ether oxygens (including phenoxy) is 3. The molecule has 0 saturated carbocycles. The van der Waals surface area contributed by atoms with Crippen LogP contribution in [0.15, 0.2) is 36.4 Å². The van der Waals surface area contributed by atoms with Gasteiger partial charge in [0, 0.05) is 6.07 Å². The number of benzene rings is 2. The third kappa shape index (κ3) is 5.98. The lowest BCUT2D eigenvalue weighted by Crippen LogP contribution is -2.20. The molecule has 1 atom stereocenters. The summed E-state index contributed by atoms with van der Waals surface area (Å²) in [6.45, 7) is 12.5. The van der Waals surface area contributed by atoms with Gasteiger partial charge in [0.25, 0.3) is 5.91 Å². The molecule has 3 rings (SSSR count). The second-order valence-corrected chi connectivity index (χ2v) is 9.82. The Morgan fingerprint density at radius 3 is 2.39 bits per heavy atom. The smallest absolute Gasteiger partial charge is 0.278 e. The number of nitrogens with one attached hydrogen (secondary N) is 1. The highest BCUT2D eigenvalue weighted by Crippen LogP contribution is 2.34. The van der Waals surface area contributed by atoms with Crippen LogP contribution in [0.2, 0.25) is 0 Å². The second-order valence-electron chi connectivity index (χ2n) is 9.82. The summed E-state index contributed by atoms with van der Waals surface area (Å²) < 4.78 is 18.7. The zero-order valence-corrected chi connectivity index (χ0v) is 22.6. The van der Waals surface area contributed by atoms with Gasteiger partial charge in [0.05, 0.1) is 31.7 Å². The highest BCUT2D eigenvalue weighted by Gasteiger charge is 2.23. The van der Waals surface area contributed by atoms with Crippen LogP contribution >= 0.6 is 0 Å². The SMILES string of the molecule is CCC[C@@H](CC)Oc1ccc(C(C)(C)C)cc1NC(=O)c1nnn(-c2cc(OC)ccc2OC)c1C. The summed E-state index contributed by atoms with van der Waals surface area (Å²) in [6.07, 6.45) is 2.93. The van der Waals surface area contributed by atoms with Crippen LogP contribution in [0.5, 0.6) is 17.2 Å². The minimum Gasteiger partial charge on any atom is -0.497 e. The molecule has 1 heterocycles. The standard InChI is InChI=1S/C28H38N4O4/c1-9-11-20(10-2)36-24-14-12-19(28(4,5)6)16-22(24)29-27(33)26-18(3)32(31-30-26)23-17-21(34-7)13-15-25(23)35-8/h12-17,20H,9-11H2,1-8H3,(H,29,33)/t20-/m1/s1. The molecule has 194 valence electrons. The van der Waals surface area contributed by atoms with Crippen LogP contribution in [0.4, 0.5) is 5.69 Å². The van der Waals surface area contributed by atoms with Crippen molar-refractivity contribution in [2.75, 3.05) is 19.5 Å². The lowest BCUT2D eigenvalue weighted by Gasteiger charge is -2.24. The van der Waals surface area contributed by atoms with Crippen molar-refractivity contribution in [3.05, 3.63) is 53.3 Å². The van der Waals surface area contributed by atoms with E-state index in [9.17, 15) is 4.79 Å². The molecule has 0 spiro atoms. The van der Waals surface area contributed by atoms with Crippen molar-refractivity contribution in [3.8, 4) is 22.9 Å². The van der Waals surface area contributed by atoms with Crippen molar-refractivity contribution < 1.29 is 19.0 Å². The molecule has 1 amide bonds. The fourth-order valence-corrected chi connectivity index (χ4v) is 3.96. The predicted octanol–water partition coefficient (Wildman–Crippen LogP) is 6.10. The van der Waals surface area contributed by atoms with Gasteiger partial charge in [-0.3, -0.25) is 4.79 Å². The van der Waals surface area contributed by atoms with E-state index < -0.39 is 0 Å². The first-order valence-electron chi connectivity index (χ1n) is 12.4. The highest BCUT2D eigenvalue weighted by molar-refractivity contribution is 6.04. The molecule has 0 bridgehead atoms. The van der Waals surface area contributed by atoms with E-state index in [0.717, 1.165) is 24.8 Å². The number of carbonyl (C=O) groups is 1. The number of methoxy groups -OCH3 is 2. The van der Waals surface area contributed by atoms with Crippen LogP contribution in [-0.2, 0) is 5.41 Å². The molecule has 0 radical (unpaired) electrons. The van der Waals surface area contributed by atoms with Gasteiger partial charge < -0.3 is 19.5 Å². The Balaban J connectivity index is 1.97. The average Bonchev–Trinajstić information content (AvgIpc) is 3.24. The first-order chi connectivity index (χ1) is 17.1. The van der Waals surface area contributed by atoms with E-state index in [1.165, 1.54) is 0 Å². The first-order valence-corrected chi connectivity index (χ1v) is 12.4. The van der Waals surface area contributed by atoms with Crippen LogP contribution in [0, 0.1) is 6.92 Å². The quantitative estimate of drug-likeness (QED) is 0.366. The molecular formula is C28H38N4O4. The van der Waals surface area contributed by atoms with Gasteiger partial charge in [0.2, 0.25) is 0 Å². The minimum atomic E-state index is -0.361. The lowest BCUT2D eigenvalue weighted by atomic mass is 9.87. The van der Waals surface area contributed by atoms with Crippen LogP contribution < -0.4 is 19.5 Å². The Kier molecular flexibility index (Phi) is 8.61. The molecule has 3 aromatic rings. The molecule has 2 aromatic carbocycles. The van der Waals surface area contributed by atoms with Gasteiger partial charge in [-0.2, -0.15) is 0 Å². The van der Waals surface area contributed by atoms with Gasteiger partial charge in [0.1, 0.15) is 22.9 Å². The van der Waals surface area contributed by atoms with Gasteiger partial charge in [-0.25, -0.2) is 4.68 Å². The van der Waals surface area contributed by atoms with Crippen LogP contribution in [0.1, 0.15) is 75.6 Å². The number of hydrogen-bond acceptors (Lipinski definition) is 6. The fraction of sp³-hybridized carbons (Fsp3) is 0.464. The first kappa shape index (κ1) is 27.0. The molecule has 8 nitrogen and oxygen atoms in total. The molecule has 0 saturated heterocycles. The van der Waals surface area contributed by atoms with E-state index in [1.54, 1.807) is 44.0 Å². The monoisotopic (exact) mass is 494 g/mol. The number of anilines is 1. The Morgan fingerprint density at radius 1 is 1.06 bits per heavy atom. The van der Waals surface area contributed by atoms with Gasteiger partial charge >= 0.3 is 0 Å². The van der Waals surface area contributed by atoms with Gasteiger partial charge in [-0.05, 0) is 55.0 Å². The van der Waals surface area contributed by atoms with E-state index in [-0.39, 0.29) is 23.1 Å². The summed E-state index contributed by atoms with van der Waals surface area (Å²) >= 11 is 0. The molecule has 8 heteroatoms. The number of amides is 1. The zero-order valence-electron chi connectivity index (χ0n) is 22.6. The number of nitrogens with zero attached hydrogens (tertiary/aromatic N) is 3. The summed E-state index contributed by atoms with van der Waals surface area (Å²) in [6, 6.07) is 11.4. The third-order valence-corrected chi connectivity index (χ3v) is 6.18. The predicted molar refractivity (Wildman–Crippen MR) is 142 cm³/mol. The van der Waals surface area contributed by atoms with Crippen molar-refractivity contribution in [2.24, 2.45) is 0 Å². The summed E-state index contributed by atoms with van der Waals surface area (Å²) in [7, 11) is 3.17. The molecule has 0 unspecified atom stereocenters. The van der Waals surface area contributed by atoms with E-state index in [1.807, 2.05) is 12.1 Å². The Labute approximate surface area is 214 Å². The fourth-order valence-electron chi connectivity index (χ4n) is 3.96. The Hall–Kier alpha value is -3.55. The molecule has 36 heavy (non-hydrogen) atoms. The summed E-state index contributed by atoms with van der Waals surface area (Å²) in [5, 5.41) is 11.5. The number of hydrogen-bond donors (Lipinski definition) is 1. The van der Waals surface area contributed by atoms with Crippen molar-refractivity contribution >= 4 is 11.6 Å². The number of carbonyl (C=O) groups excluding carboxylic acids is 1. The molecule has 1 N–H and O–H groups in total. The van der Waals surface area contributed by atoms with Crippen molar-refractivity contribution in [3.63, 3.8) is 0 Å². The summed E-state index contributed by atoms with van der Waals surface area (Å²) in [5.41, 5.74) is 3.04. The molecule has 0 aliphatic carbocycles. The minimum absolute atomic E-state index is 0.0780. The molecular weight excluding hydrogens is 456 g/mol. The van der Waals surface area contributed by atoms with Gasteiger partial charge in [-0.15, -0.1) is 5.10 Å². The lowest BCUT2D eigenvalue weighted by molar-refractivity contribution is 0.102. The maximum absolute atomic E-state index is 13.4. The van der Waals surface area contributed by atoms with Crippen molar-refractivity contribution in [1.29, 1.82) is 0 Å². The molecule has 0 aliphatic heterocycles. The molecule has 1 aromatic heterocycles. The number of aromatic nitrogens is 3. The average molecular weight is 495 g/mol. The van der Waals surface area contributed by atoms with Crippen LogP contribution in [0.3, 0.4) is 0 Å². The number of rotatable bonds is 10. The maximum atomic E-state index is 13.4. The van der Waals surface area contributed by atoms with E-state index >= 15 is 0 Å². The van der Waals surface area contributed by atoms with Gasteiger partial charge in [-0.1, -0.05) is 52.3 Å².